The van der Waals surface area contributed by atoms with Crippen molar-refractivity contribution >= 4 is 10.9 Å². The first-order chi connectivity index (χ1) is 7.84. The number of benzene rings is 1. The zero-order chi connectivity index (χ0) is 11.0. The highest BCUT2D eigenvalue weighted by Gasteiger charge is 2.04. The van der Waals surface area contributed by atoms with Crippen molar-refractivity contribution in [3.05, 3.63) is 59.1 Å². The first-order valence-corrected chi connectivity index (χ1v) is 5.10. The fourth-order valence-electron chi connectivity index (χ4n) is 1.85. The molecule has 0 fully saturated rings. The highest BCUT2D eigenvalue weighted by atomic mass is 16.1. The third kappa shape index (κ3) is 1.34. The minimum Gasteiger partial charge on any atom is -0.367 e. The lowest BCUT2D eigenvalue weighted by atomic mass is 10.1. The number of nitrogens with one attached hydrogen (secondary N) is 2. The monoisotopic (exact) mass is 210 g/mol. The Kier molecular flexibility index (Phi) is 1.90. The Morgan fingerprint density at radius 2 is 1.94 bits per heavy atom. The predicted octanol–water partition coefficient (Wildman–Crippen LogP) is 2.52. The normalized spacial score (nSPS) is 10.8. The van der Waals surface area contributed by atoms with E-state index in [0.717, 1.165) is 16.5 Å². The van der Waals surface area contributed by atoms with Crippen molar-refractivity contribution < 1.29 is 0 Å². The Balaban J connectivity index is 2.34. The van der Waals surface area contributed by atoms with Gasteiger partial charge in [-0.1, -0.05) is 18.2 Å². The number of aromatic amines is 2. The third-order valence-corrected chi connectivity index (χ3v) is 2.66. The Hall–Kier alpha value is -2.29. The van der Waals surface area contributed by atoms with Crippen LogP contribution in [0.5, 0.6) is 0 Å². The van der Waals surface area contributed by atoms with Crippen LogP contribution in [0.25, 0.3) is 22.0 Å². The molecule has 0 bridgehead atoms. The molecule has 0 saturated carbocycles. The second-order valence-corrected chi connectivity index (χ2v) is 3.70. The van der Waals surface area contributed by atoms with E-state index in [1.165, 1.54) is 0 Å². The maximum atomic E-state index is 11.9. The Morgan fingerprint density at radius 1 is 1.06 bits per heavy atom. The fourth-order valence-corrected chi connectivity index (χ4v) is 1.85. The molecule has 0 amide bonds. The van der Waals surface area contributed by atoms with Gasteiger partial charge in [0.05, 0.1) is 0 Å². The van der Waals surface area contributed by atoms with Crippen molar-refractivity contribution in [2.24, 2.45) is 0 Å². The van der Waals surface area contributed by atoms with Crippen molar-refractivity contribution in [2.75, 3.05) is 0 Å². The second-order valence-electron chi connectivity index (χ2n) is 3.70. The number of H-pyrrole nitrogens is 2. The van der Waals surface area contributed by atoms with Gasteiger partial charge in [0.15, 0.2) is 0 Å². The Labute approximate surface area is 91.8 Å². The molecule has 0 saturated heterocycles. The van der Waals surface area contributed by atoms with Crippen molar-refractivity contribution in [3.8, 4) is 11.1 Å². The van der Waals surface area contributed by atoms with Gasteiger partial charge in [0.2, 0.25) is 0 Å². The van der Waals surface area contributed by atoms with E-state index in [2.05, 4.69) is 9.97 Å². The lowest BCUT2D eigenvalue weighted by Crippen LogP contribution is -2.07. The summed E-state index contributed by atoms with van der Waals surface area (Å²) < 4.78 is 0. The average Bonchev–Trinajstić information content (AvgIpc) is 2.81. The zero-order valence-electron chi connectivity index (χ0n) is 8.53. The number of pyridine rings is 1. The van der Waals surface area contributed by atoms with Crippen LogP contribution < -0.4 is 5.56 Å². The first kappa shape index (κ1) is 8.97. The van der Waals surface area contributed by atoms with E-state index < -0.39 is 0 Å². The summed E-state index contributed by atoms with van der Waals surface area (Å²) in [6, 6.07) is 11.6. The molecule has 0 aliphatic heterocycles. The standard InChI is InChI=1S/C13H10N2O/c16-13-11(10-5-6-14-8-10)7-9-3-1-2-4-12(9)15-13/h1-8,14H,(H,15,16). The number of para-hydroxylation sites is 1. The smallest absolute Gasteiger partial charge is 0.256 e. The molecule has 3 aromatic rings. The molecule has 0 atom stereocenters. The van der Waals surface area contributed by atoms with Gasteiger partial charge in [0.25, 0.3) is 5.56 Å². The zero-order valence-corrected chi connectivity index (χ0v) is 8.53. The van der Waals surface area contributed by atoms with E-state index in [-0.39, 0.29) is 5.56 Å². The molecule has 1 aromatic carbocycles. The summed E-state index contributed by atoms with van der Waals surface area (Å²) in [4.78, 5) is 17.7. The molecular weight excluding hydrogens is 200 g/mol. The summed E-state index contributed by atoms with van der Waals surface area (Å²) >= 11 is 0. The van der Waals surface area contributed by atoms with Crippen LogP contribution in [0.3, 0.4) is 0 Å². The van der Waals surface area contributed by atoms with Gasteiger partial charge in [-0.2, -0.15) is 0 Å². The van der Waals surface area contributed by atoms with Gasteiger partial charge in [0.1, 0.15) is 0 Å². The predicted molar refractivity (Wildman–Crippen MR) is 64.4 cm³/mol. The number of aromatic nitrogens is 2. The molecule has 3 heteroatoms. The van der Waals surface area contributed by atoms with Crippen molar-refractivity contribution in [1.82, 2.24) is 9.97 Å². The number of fused-ring (bicyclic) bond motifs is 1. The fraction of sp³-hybridized carbons (Fsp3) is 0. The molecular formula is C13H10N2O. The van der Waals surface area contributed by atoms with Gasteiger partial charge in [-0.15, -0.1) is 0 Å². The molecule has 2 aromatic heterocycles. The molecule has 0 spiro atoms. The minimum atomic E-state index is -0.0571. The number of hydrogen-bond donors (Lipinski definition) is 2. The van der Waals surface area contributed by atoms with Crippen LogP contribution in [-0.4, -0.2) is 9.97 Å². The topological polar surface area (TPSA) is 48.6 Å². The van der Waals surface area contributed by atoms with Crippen LogP contribution in [0.2, 0.25) is 0 Å². The molecule has 78 valence electrons. The molecule has 3 nitrogen and oxygen atoms in total. The maximum absolute atomic E-state index is 11.9. The third-order valence-electron chi connectivity index (χ3n) is 2.66. The molecule has 0 unspecified atom stereocenters. The second kappa shape index (κ2) is 3.38. The van der Waals surface area contributed by atoms with Crippen molar-refractivity contribution in [1.29, 1.82) is 0 Å². The SMILES string of the molecule is O=c1[nH]c2ccccc2cc1-c1cc[nH]c1. The Bertz CT molecular complexity index is 680. The molecule has 2 N–H and O–H groups in total. The van der Waals surface area contributed by atoms with Gasteiger partial charge < -0.3 is 9.97 Å². The number of rotatable bonds is 1. The van der Waals surface area contributed by atoms with E-state index in [0.29, 0.717) is 5.56 Å². The number of hydrogen-bond acceptors (Lipinski definition) is 1. The summed E-state index contributed by atoms with van der Waals surface area (Å²) in [6.45, 7) is 0. The van der Waals surface area contributed by atoms with Gasteiger partial charge in [0, 0.05) is 29.0 Å². The van der Waals surface area contributed by atoms with Gasteiger partial charge in [-0.05, 0) is 23.6 Å². The largest absolute Gasteiger partial charge is 0.367 e. The summed E-state index contributed by atoms with van der Waals surface area (Å²) in [5.74, 6) is 0. The molecule has 3 rings (SSSR count). The van der Waals surface area contributed by atoms with E-state index in [4.69, 9.17) is 0 Å². The Morgan fingerprint density at radius 3 is 2.75 bits per heavy atom. The van der Waals surface area contributed by atoms with Gasteiger partial charge in [-0.25, -0.2) is 0 Å². The van der Waals surface area contributed by atoms with Crippen LogP contribution in [-0.2, 0) is 0 Å². The lowest BCUT2D eigenvalue weighted by Gasteiger charge is -2.00. The van der Waals surface area contributed by atoms with E-state index >= 15 is 0 Å². The quantitative estimate of drug-likeness (QED) is 0.637. The first-order valence-electron chi connectivity index (χ1n) is 5.10. The summed E-state index contributed by atoms with van der Waals surface area (Å²) in [7, 11) is 0. The highest BCUT2D eigenvalue weighted by Crippen LogP contribution is 2.18. The van der Waals surface area contributed by atoms with Crippen LogP contribution >= 0.6 is 0 Å². The summed E-state index contributed by atoms with van der Waals surface area (Å²) in [6.07, 6.45) is 3.63. The van der Waals surface area contributed by atoms with E-state index in [1.807, 2.05) is 48.8 Å². The van der Waals surface area contributed by atoms with Crippen molar-refractivity contribution in [2.45, 2.75) is 0 Å². The van der Waals surface area contributed by atoms with Gasteiger partial charge >= 0.3 is 0 Å². The molecule has 16 heavy (non-hydrogen) atoms. The molecule has 0 aliphatic rings. The van der Waals surface area contributed by atoms with Gasteiger partial charge in [-0.3, -0.25) is 4.79 Å². The molecule has 2 heterocycles. The summed E-state index contributed by atoms with van der Waals surface area (Å²) in [5.41, 5.74) is 2.41. The van der Waals surface area contributed by atoms with Crippen LogP contribution in [0.1, 0.15) is 0 Å². The summed E-state index contributed by atoms with van der Waals surface area (Å²) in [5, 5.41) is 1.04. The molecule has 0 aliphatic carbocycles. The van der Waals surface area contributed by atoms with E-state index in [1.54, 1.807) is 0 Å². The van der Waals surface area contributed by atoms with Crippen LogP contribution in [0.15, 0.2) is 53.6 Å². The van der Waals surface area contributed by atoms with Crippen LogP contribution in [0.4, 0.5) is 0 Å². The highest BCUT2D eigenvalue weighted by molar-refractivity contribution is 5.83. The van der Waals surface area contributed by atoms with E-state index in [9.17, 15) is 4.79 Å². The average molecular weight is 210 g/mol. The minimum absolute atomic E-state index is 0.0571. The lowest BCUT2D eigenvalue weighted by molar-refractivity contribution is 1.31. The molecule has 0 radical (unpaired) electrons. The maximum Gasteiger partial charge on any atom is 0.256 e. The van der Waals surface area contributed by atoms with Crippen molar-refractivity contribution in [3.63, 3.8) is 0 Å². The van der Waals surface area contributed by atoms with Crippen LogP contribution in [0, 0.1) is 0 Å².